The van der Waals surface area contributed by atoms with E-state index in [1.165, 1.54) is 11.1 Å². The predicted octanol–water partition coefficient (Wildman–Crippen LogP) is 5.01. The molecular formula is C19H19NO2S. The van der Waals surface area contributed by atoms with E-state index >= 15 is 0 Å². The number of ether oxygens (including phenoxy) is 2. The molecule has 3 aromatic rings. The molecular weight excluding hydrogens is 306 g/mol. The Bertz CT molecular complexity index is 811. The van der Waals surface area contributed by atoms with Gasteiger partial charge in [0.2, 0.25) is 0 Å². The van der Waals surface area contributed by atoms with Crippen LogP contribution in [0.3, 0.4) is 0 Å². The number of benzene rings is 2. The largest absolute Gasteiger partial charge is 0.496 e. The maximum atomic E-state index is 5.84. The first kappa shape index (κ1) is 15.6. The van der Waals surface area contributed by atoms with Crippen molar-refractivity contribution in [2.45, 2.75) is 20.5 Å². The number of thiazole rings is 1. The predicted molar refractivity (Wildman–Crippen MR) is 94.4 cm³/mol. The Morgan fingerprint density at radius 3 is 2.61 bits per heavy atom. The number of methoxy groups -OCH3 is 1. The van der Waals surface area contributed by atoms with E-state index in [1.54, 1.807) is 18.4 Å². The van der Waals surface area contributed by atoms with Crippen LogP contribution in [0.15, 0.2) is 47.8 Å². The van der Waals surface area contributed by atoms with Crippen molar-refractivity contribution in [1.29, 1.82) is 0 Å². The minimum atomic E-state index is 0.475. The topological polar surface area (TPSA) is 31.4 Å². The monoisotopic (exact) mass is 325 g/mol. The van der Waals surface area contributed by atoms with Crippen molar-refractivity contribution in [1.82, 2.24) is 4.98 Å². The van der Waals surface area contributed by atoms with E-state index in [9.17, 15) is 0 Å². The molecule has 1 aromatic heterocycles. The summed E-state index contributed by atoms with van der Waals surface area (Å²) in [4.78, 5) is 4.68. The highest BCUT2D eigenvalue weighted by atomic mass is 32.1. The Morgan fingerprint density at radius 1 is 1.04 bits per heavy atom. The zero-order chi connectivity index (χ0) is 16.2. The minimum absolute atomic E-state index is 0.475. The minimum Gasteiger partial charge on any atom is -0.496 e. The van der Waals surface area contributed by atoms with Gasteiger partial charge in [-0.3, -0.25) is 0 Å². The molecule has 2 aromatic carbocycles. The van der Waals surface area contributed by atoms with Gasteiger partial charge in [0.15, 0.2) is 0 Å². The van der Waals surface area contributed by atoms with Crippen molar-refractivity contribution in [2.24, 2.45) is 0 Å². The van der Waals surface area contributed by atoms with Crippen LogP contribution in [0.4, 0.5) is 0 Å². The van der Waals surface area contributed by atoms with E-state index < -0.39 is 0 Å². The van der Waals surface area contributed by atoms with Crippen LogP contribution in [0, 0.1) is 13.8 Å². The first-order valence-electron chi connectivity index (χ1n) is 7.45. The lowest BCUT2D eigenvalue weighted by Gasteiger charge is -2.08. The summed E-state index contributed by atoms with van der Waals surface area (Å²) in [7, 11) is 1.67. The molecule has 0 amide bonds. The number of nitrogens with zero attached hydrogens (tertiary/aromatic N) is 1. The summed E-state index contributed by atoms with van der Waals surface area (Å²) in [6, 6.07) is 14.1. The standard InChI is InChI=1S/C19H19NO2S/c1-13-6-4-5-7-16(13)17-12-23-19(20-17)11-22-15-8-9-18(21-3)14(2)10-15/h4-10,12H,11H2,1-3H3. The van der Waals surface area contributed by atoms with Gasteiger partial charge in [0, 0.05) is 10.9 Å². The average molecular weight is 325 g/mol. The fourth-order valence-electron chi connectivity index (χ4n) is 2.45. The third-order valence-electron chi connectivity index (χ3n) is 3.70. The lowest BCUT2D eigenvalue weighted by atomic mass is 10.1. The number of rotatable bonds is 5. The van der Waals surface area contributed by atoms with Gasteiger partial charge in [0.05, 0.1) is 12.8 Å². The SMILES string of the molecule is COc1ccc(OCc2nc(-c3ccccc3C)cs2)cc1C. The van der Waals surface area contributed by atoms with E-state index in [-0.39, 0.29) is 0 Å². The molecule has 0 N–H and O–H groups in total. The van der Waals surface area contributed by atoms with Crippen molar-refractivity contribution >= 4 is 11.3 Å². The van der Waals surface area contributed by atoms with Gasteiger partial charge in [-0.15, -0.1) is 11.3 Å². The number of hydrogen-bond acceptors (Lipinski definition) is 4. The van der Waals surface area contributed by atoms with Gasteiger partial charge < -0.3 is 9.47 Å². The third-order valence-corrected chi connectivity index (χ3v) is 4.52. The van der Waals surface area contributed by atoms with E-state index in [2.05, 4.69) is 29.4 Å². The van der Waals surface area contributed by atoms with E-state index in [4.69, 9.17) is 9.47 Å². The fourth-order valence-corrected chi connectivity index (χ4v) is 3.15. The molecule has 0 unspecified atom stereocenters. The molecule has 4 heteroatoms. The van der Waals surface area contributed by atoms with Crippen LogP contribution in [0.2, 0.25) is 0 Å². The van der Waals surface area contributed by atoms with Crippen molar-refractivity contribution in [2.75, 3.05) is 7.11 Å². The highest BCUT2D eigenvalue weighted by Crippen LogP contribution is 2.27. The Kier molecular flexibility index (Phi) is 4.63. The first-order chi connectivity index (χ1) is 11.2. The molecule has 0 aliphatic carbocycles. The summed E-state index contributed by atoms with van der Waals surface area (Å²) in [6.45, 7) is 4.58. The quantitative estimate of drug-likeness (QED) is 0.660. The van der Waals surface area contributed by atoms with Gasteiger partial charge >= 0.3 is 0 Å². The van der Waals surface area contributed by atoms with Crippen molar-refractivity contribution in [3.8, 4) is 22.8 Å². The lowest BCUT2D eigenvalue weighted by molar-refractivity contribution is 0.304. The second-order valence-electron chi connectivity index (χ2n) is 5.36. The molecule has 0 aliphatic rings. The van der Waals surface area contributed by atoms with Gasteiger partial charge in [-0.1, -0.05) is 24.3 Å². The van der Waals surface area contributed by atoms with E-state index in [0.717, 1.165) is 27.8 Å². The molecule has 118 valence electrons. The molecule has 0 saturated carbocycles. The maximum Gasteiger partial charge on any atom is 0.140 e. The van der Waals surface area contributed by atoms with Gasteiger partial charge in [-0.05, 0) is 43.2 Å². The van der Waals surface area contributed by atoms with Crippen LogP contribution in [-0.4, -0.2) is 12.1 Å². The molecule has 0 atom stereocenters. The van der Waals surface area contributed by atoms with E-state index in [0.29, 0.717) is 6.61 Å². The Morgan fingerprint density at radius 2 is 1.87 bits per heavy atom. The molecule has 0 fully saturated rings. The summed E-state index contributed by atoms with van der Waals surface area (Å²) in [6.07, 6.45) is 0. The summed E-state index contributed by atoms with van der Waals surface area (Å²) in [5.74, 6) is 1.70. The van der Waals surface area contributed by atoms with Crippen LogP contribution in [0.25, 0.3) is 11.3 Å². The van der Waals surface area contributed by atoms with Gasteiger partial charge in [0.25, 0.3) is 0 Å². The molecule has 0 saturated heterocycles. The van der Waals surface area contributed by atoms with Gasteiger partial charge in [0.1, 0.15) is 23.1 Å². The van der Waals surface area contributed by atoms with Crippen LogP contribution in [0.5, 0.6) is 11.5 Å². The van der Waals surface area contributed by atoms with Crippen molar-refractivity contribution < 1.29 is 9.47 Å². The number of hydrogen-bond donors (Lipinski definition) is 0. The van der Waals surface area contributed by atoms with Gasteiger partial charge in [-0.25, -0.2) is 4.98 Å². The fraction of sp³-hybridized carbons (Fsp3) is 0.211. The number of aryl methyl sites for hydroxylation is 2. The van der Waals surface area contributed by atoms with Crippen LogP contribution >= 0.6 is 11.3 Å². The Hall–Kier alpha value is -2.33. The highest BCUT2D eigenvalue weighted by Gasteiger charge is 2.08. The third kappa shape index (κ3) is 3.54. The highest BCUT2D eigenvalue weighted by molar-refractivity contribution is 7.09. The van der Waals surface area contributed by atoms with E-state index in [1.807, 2.05) is 37.3 Å². The Labute approximate surface area is 140 Å². The molecule has 0 radical (unpaired) electrons. The maximum absolute atomic E-state index is 5.84. The molecule has 23 heavy (non-hydrogen) atoms. The summed E-state index contributed by atoms with van der Waals surface area (Å²) in [5.41, 5.74) is 4.48. The average Bonchev–Trinajstić information content (AvgIpc) is 3.02. The molecule has 0 bridgehead atoms. The van der Waals surface area contributed by atoms with Crippen LogP contribution in [0.1, 0.15) is 16.1 Å². The van der Waals surface area contributed by atoms with Crippen LogP contribution < -0.4 is 9.47 Å². The molecule has 0 spiro atoms. The second kappa shape index (κ2) is 6.84. The number of aromatic nitrogens is 1. The second-order valence-corrected chi connectivity index (χ2v) is 6.30. The summed E-state index contributed by atoms with van der Waals surface area (Å²) < 4.78 is 11.1. The van der Waals surface area contributed by atoms with Gasteiger partial charge in [-0.2, -0.15) is 0 Å². The molecule has 1 heterocycles. The first-order valence-corrected chi connectivity index (χ1v) is 8.33. The van der Waals surface area contributed by atoms with Crippen molar-refractivity contribution in [3.05, 3.63) is 64.0 Å². The molecule has 3 nitrogen and oxygen atoms in total. The normalized spacial score (nSPS) is 10.6. The molecule has 3 rings (SSSR count). The summed E-state index contributed by atoms with van der Waals surface area (Å²) in [5, 5.41) is 3.05. The Balaban J connectivity index is 1.70. The summed E-state index contributed by atoms with van der Waals surface area (Å²) >= 11 is 1.62. The smallest absolute Gasteiger partial charge is 0.140 e. The van der Waals surface area contributed by atoms with Crippen LogP contribution in [-0.2, 0) is 6.61 Å². The lowest BCUT2D eigenvalue weighted by Crippen LogP contribution is -1.96. The van der Waals surface area contributed by atoms with Crippen molar-refractivity contribution in [3.63, 3.8) is 0 Å². The molecule has 0 aliphatic heterocycles. The zero-order valence-electron chi connectivity index (χ0n) is 13.5. The zero-order valence-corrected chi connectivity index (χ0v) is 14.3.